The van der Waals surface area contributed by atoms with Crippen LogP contribution in [0, 0.1) is 27.6 Å². The van der Waals surface area contributed by atoms with Gasteiger partial charge in [-0.25, -0.2) is 13.2 Å². The highest BCUT2D eigenvalue weighted by atomic mass is 19.2. The molecule has 110 valence electrons. The van der Waals surface area contributed by atoms with Crippen molar-refractivity contribution in [2.45, 2.75) is 13.0 Å². The van der Waals surface area contributed by atoms with Crippen LogP contribution in [0.3, 0.4) is 0 Å². The molecule has 0 spiro atoms. The zero-order valence-corrected chi connectivity index (χ0v) is 10.9. The second kappa shape index (κ2) is 5.82. The second-order valence-corrected chi connectivity index (χ2v) is 4.43. The molecule has 0 radical (unpaired) electrons. The van der Waals surface area contributed by atoms with Gasteiger partial charge in [-0.1, -0.05) is 18.2 Å². The van der Waals surface area contributed by atoms with Gasteiger partial charge in [-0.15, -0.1) is 0 Å². The van der Waals surface area contributed by atoms with Crippen molar-refractivity contribution in [3.8, 4) is 0 Å². The predicted octanol–water partition coefficient (Wildman–Crippen LogP) is 4.19. The highest BCUT2D eigenvalue weighted by Gasteiger charge is 2.20. The van der Waals surface area contributed by atoms with Gasteiger partial charge in [-0.05, 0) is 6.92 Å². The average Bonchev–Trinajstić information content (AvgIpc) is 2.44. The van der Waals surface area contributed by atoms with Gasteiger partial charge in [0.25, 0.3) is 5.69 Å². The minimum Gasteiger partial charge on any atom is -0.376 e. The molecular formula is C14H11F3N2O2. The summed E-state index contributed by atoms with van der Waals surface area (Å²) in [7, 11) is 0. The second-order valence-electron chi connectivity index (χ2n) is 4.43. The Bertz CT molecular complexity index is 692. The Hall–Kier alpha value is -2.57. The Morgan fingerprint density at radius 3 is 2.52 bits per heavy atom. The Morgan fingerprint density at radius 1 is 1.19 bits per heavy atom. The minimum absolute atomic E-state index is 0.158. The van der Waals surface area contributed by atoms with Crippen LogP contribution in [0.5, 0.6) is 0 Å². The third kappa shape index (κ3) is 3.13. The summed E-state index contributed by atoms with van der Waals surface area (Å²) in [6.45, 7) is 1.53. The van der Waals surface area contributed by atoms with E-state index in [0.717, 1.165) is 6.07 Å². The van der Waals surface area contributed by atoms with E-state index in [1.165, 1.54) is 25.1 Å². The van der Waals surface area contributed by atoms with Crippen LogP contribution in [0.15, 0.2) is 36.4 Å². The van der Waals surface area contributed by atoms with Gasteiger partial charge in [-0.2, -0.15) is 0 Å². The molecule has 0 aliphatic heterocycles. The molecule has 1 N–H and O–H groups in total. The van der Waals surface area contributed by atoms with Crippen LogP contribution < -0.4 is 5.32 Å². The Labute approximate surface area is 118 Å². The van der Waals surface area contributed by atoms with Gasteiger partial charge in [0.05, 0.1) is 22.2 Å². The van der Waals surface area contributed by atoms with Gasteiger partial charge < -0.3 is 5.32 Å². The van der Waals surface area contributed by atoms with E-state index in [1.54, 1.807) is 6.07 Å². The maximum absolute atomic E-state index is 13.6. The van der Waals surface area contributed by atoms with Crippen LogP contribution in [0.1, 0.15) is 18.5 Å². The van der Waals surface area contributed by atoms with Gasteiger partial charge in [0, 0.05) is 18.2 Å². The molecule has 4 nitrogen and oxygen atoms in total. The zero-order chi connectivity index (χ0) is 15.6. The first-order chi connectivity index (χ1) is 9.90. The molecule has 21 heavy (non-hydrogen) atoms. The predicted molar refractivity (Wildman–Crippen MR) is 71.5 cm³/mol. The summed E-state index contributed by atoms with van der Waals surface area (Å²) in [6, 6.07) is 6.39. The van der Waals surface area contributed by atoms with Crippen molar-refractivity contribution < 1.29 is 18.1 Å². The van der Waals surface area contributed by atoms with Crippen LogP contribution in [-0.2, 0) is 0 Å². The normalized spacial score (nSPS) is 12.0. The van der Waals surface area contributed by atoms with Crippen molar-refractivity contribution in [2.24, 2.45) is 0 Å². The summed E-state index contributed by atoms with van der Waals surface area (Å²) in [5, 5.41) is 13.5. The van der Waals surface area contributed by atoms with Crippen LogP contribution in [-0.4, -0.2) is 4.92 Å². The highest BCUT2D eigenvalue weighted by Crippen LogP contribution is 2.29. The van der Waals surface area contributed by atoms with E-state index >= 15 is 0 Å². The van der Waals surface area contributed by atoms with E-state index in [4.69, 9.17) is 0 Å². The number of nitrogens with one attached hydrogen (secondary N) is 1. The minimum atomic E-state index is -1.33. The molecule has 2 aromatic carbocycles. The van der Waals surface area contributed by atoms with Crippen molar-refractivity contribution in [1.82, 2.24) is 0 Å². The lowest BCUT2D eigenvalue weighted by Gasteiger charge is -2.16. The first kappa shape index (κ1) is 14.8. The van der Waals surface area contributed by atoms with Crippen molar-refractivity contribution in [1.29, 1.82) is 0 Å². The molecule has 1 atom stereocenters. The molecule has 0 heterocycles. The van der Waals surface area contributed by atoms with Crippen molar-refractivity contribution in [2.75, 3.05) is 5.32 Å². The molecular weight excluding hydrogens is 285 g/mol. The van der Waals surface area contributed by atoms with E-state index in [2.05, 4.69) is 5.32 Å². The summed E-state index contributed by atoms with van der Waals surface area (Å²) in [6.07, 6.45) is 0. The molecule has 0 aliphatic carbocycles. The molecule has 0 aliphatic rings. The van der Waals surface area contributed by atoms with Gasteiger partial charge in [0.2, 0.25) is 0 Å². The molecule has 0 amide bonds. The fourth-order valence-electron chi connectivity index (χ4n) is 1.99. The number of rotatable bonds is 4. The summed E-state index contributed by atoms with van der Waals surface area (Å²) < 4.78 is 39.8. The molecule has 1 unspecified atom stereocenters. The Kier molecular flexibility index (Phi) is 4.11. The third-order valence-corrected chi connectivity index (χ3v) is 2.96. The van der Waals surface area contributed by atoms with Crippen LogP contribution in [0.2, 0.25) is 0 Å². The fourth-order valence-corrected chi connectivity index (χ4v) is 1.99. The van der Waals surface area contributed by atoms with Crippen molar-refractivity contribution in [3.05, 3.63) is 69.5 Å². The summed E-state index contributed by atoms with van der Waals surface area (Å²) in [5.41, 5.74) is -0.264. The smallest absolute Gasteiger partial charge is 0.274 e. The summed E-state index contributed by atoms with van der Waals surface area (Å²) in [5.74, 6) is -3.50. The quantitative estimate of drug-likeness (QED) is 0.523. The fraction of sp³-hybridized carbons (Fsp3) is 0.143. The first-order valence-corrected chi connectivity index (χ1v) is 6.04. The lowest BCUT2D eigenvalue weighted by atomic mass is 10.1. The molecule has 7 heteroatoms. The molecule has 0 aromatic heterocycles. The number of nitro benzene ring substituents is 1. The number of nitrogens with zero attached hydrogens (tertiary/aromatic N) is 1. The number of benzene rings is 2. The van der Waals surface area contributed by atoms with Gasteiger partial charge in [0.15, 0.2) is 11.6 Å². The zero-order valence-electron chi connectivity index (χ0n) is 10.9. The van der Waals surface area contributed by atoms with Gasteiger partial charge in [-0.3, -0.25) is 10.1 Å². The van der Waals surface area contributed by atoms with Crippen molar-refractivity contribution in [3.63, 3.8) is 0 Å². The Balaban J connectivity index is 2.35. The average molecular weight is 296 g/mol. The molecule has 2 aromatic rings. The molecule has 0 saturated carbocycles. The summed E-state index contributed by atoms with van der Waals surface area (Å²) in [4.78, 5) is 10.4. The van der Waals surface area contributed by atoms with E-state index in [9.17, 15) is 23.3 Å². The molecule has 2 rings (SSSR count). The van der Waals surface area contributed by atoms with Gasteiger partial charge in [0.1, 0.15) is 5.82 Å². The third-order valence-electron chi connectivity index (χ3n) is 2.96. The summed E-state index contributed by atoms with van der Waals surface area (Å²) >= 11 is 0. The topological polar surface area (TPSA) is 55.2 Å². The first-order valence-electron chi connectivity index (χ1n) is 6.04. The van der Waals surface area contributed by atoms with Crippen LogP contribution in [0.25, 0.3) is 0 Å². The molecule has 0 saturated heterocycles. The Morgan fingerprint density at radius 2 is 1.86 bits per heavy atom. The van der Waals surface area contributed by atoms with Crippen LogP contribution >= 0.6 is 0 Å². The van der Waals surface area contributed by atoms with Gasteiger partial charge >= 0.3 is 0 Å². The van der Waals surface area contributed by atoms with E-state index < -0.39 is 34.1 Å². The van der Waals surface area contributed by atoms with E-state index in [-0.39, 0.29) is 11.3 Å². The maximum atomic E-state index is 13.6. The molecule has 0 bridgehead atoms. The number of anilines is 1. The number of halogens is 3. The van der Waals surface area contributed by atoms with Crippen LogP contribution in [0.4, 0.5) is 24.5 Å². The number of para-hydroxylation sites is 1. The lowest BCUT2D eigenvalue weighted by Crippen LogP contribution is -2.11. The van der Waals surface area contributed by atoms with E-state index in [1.807, 2.05) is 0 Å². The number of hydrogen-bond donors (Lipinski definition) is 1. The molecule has 0 fully saturated rings. The van der Waals surface area contributed by atoms with Crippen molar-refractivity contribution >= 4 is 11.4 Å². The largest absolute Gasteiger partial charge is 0.376 e. The highest BCUT2D eigenvalue weighted by molar-refractivity contribution is 5.51. The monoisotopic (exact) mass is 296 g/mol. The maximum Gasteiger partial charge on any atom is 0.274 e. The lowest BCUT2D eigenvalue weighted by molar-refractivity contribution is -0.385. The standard InChI is InChI=1S/C14H11F3N2O2/c1-8(10-4-2-3-5-13(10)19(20)21)18-12-7-9(15)6-11(16)14(12)17/h2-8,18H,1H3. The SMILES string of the molecule is CC(Nc1cc(F)cc(F)c1F)c1ccccc1[N+](=O)[O-]. The van der Waals surface area contributed by atoms with E-state index in [0.29, 0.717) is 6.07 Å². The number of nitro groups is 1. The number of hydrogen-bond acceptors (Lipinski definition) is 3.